The molecule has 0 radical (unpaired) electrons. The van der Waals surface area contributed by atoms with Gasteiger partial charge in [0, 0.05) is 50.3 Å². The average Bonchev–Trinajstić information content (AvgIpc) is 3.44. The van der Waals surface area contributed by atoms with Crippen LogP contribution in [0.15, 0.2) is 104 Å². The summed E-state index contributed by atoms with van der Waals surface area (Å²) in [6.07, 6.45) is 7.09. The number of imidazole rings is 1. The van der Waals surface area contributed by atoms with Crippen LogP contribution in [0.25, 0.3) is 61.4 Å². The fraction of sp³-hybridized carbons (Fsp3) is 0.200. The third kappa shape index (κ3) is 5.99. The number of hydrogen-bond donors (Lipinski definition) is 1. The largest absolute Gasteiger partial charge is 0.507 e. The number of phenolic OH excluding ortho intramolecular Hbond substituents is 1. The number of fused-ring (bicyclic) bond motifs is 2. The summed E-state index contributed by atoms with van der Waals surface area (Å²) in [6, 6.07) is 30.1. The van der Waals surface area contributed by atoms with Crippen LogP contribution in [0.5, 0.6) is 5.75 Å². The Hall–Kier alpha value is -4.67. The van der Waals surface area contributed by atoms with Crippen molar-refractivity contribution in [3.05, 3.63) is 121 Å². The number of phenols is 1. The fourth-order valence-electron chi connectivity index (χ4n) is 5.93. The van der Waals surface area contributed by atoms with Crippen LogP contribution in [0.2, 0.25) is 0 Å². The molecule has 7 rings (SSSR count). The summed E-state index contributed by atoms with van der Waals surface area (Å²) in [6.45, 7) is 13.2. The normalized spacial score (nSPS) is 12.0. The molecule has 0 spiro atoms. The average molecular weight is 798 g/mol. The molecule has 6 nitrogen and oxygen atoms in total. The number of aromatic hydroxyl groups is 1. The van der Waals surface area contributed by atoms with Crippen molar-refractivity contribution in [3.63, 3.8) is 0 Å². The van der Waals surface area contributed by atoms with Crippen molar-refractivity contribution in [1.82, 2.24) is 24.5 Å². The van der Waals surface area contributed by atoms with E-state index in [1.807, 2.05) is 42.7 Å². The monoisotopic (exact) mass is 797 g/mol. The first-order chi connectivity index (χ1) is 22.0. The van der Waals surface area contributed by atoms with E-state index in [1.54, 1.807) is 18.5 Å². The first-order valence-electron chi connectivity index (χ1n) is 15.5. The Morgan fingerprint density at radius 3 is 2.06 bits per heavy atom. The van der Waals surface area contributed by atoms with E-state index in [2.05, 4.69) is 99.6 Å². The molecule has 0 aliphatic rings. The quantitative estimate of drug-likeness (QED) is 0.180. The van der Waals surface area contributed by atoms with E-state index in [1.165, 1.54) is 5.56 Å². The van der Waals surface area contributed by atoms with Crippen molar-refractivity contribution in [3.8, 4) is 45.1 Å². The van der Waals surface area contributed by atoms with Crippen LogP contribution in [-0.4, -0.2) is 29.6 Å². The van der Waals surface area contributed by atoms with Crippen molar-refractivity contribution >= 4 is 22.1 Å². The third-order valence-corrected chi connectivity index (χ3v) is 8.52. The smallest absolute Gasteiger partial charge is 0.123 e. The van der Waals surface area contributed by atoms with E-state index >= 15 is 0 Å². The molecule has 0 atom stereocenters. The first kappa shape index (κ1) is 32.3. The first-order valence-corrected chi connectivity index (χ1v) is 15.5. The van der Waals surface area contributed by atoms with Gasteiger partial charge in [-0.05, 0) is 64.7 Å². The molecule has 0 saturated carbocycles. The number of hydrogen-bond acceptors (Lipinski definition) is 5. The Balaban J connectivity index is 0.00000386. The Bertz CT molecular complexity index is 2240. The fourth-order valence-corrected chi connectivity index (χ4v) is 5.93. The molecule has 1 N–H and O–H groups in total. The van der Waals surface area contributed by atoms with Gasteiger partial charge in [0.05, 0.1) is 27.9 Å². The van der Waals surface area contributed by atoms with Crippen molar-refractivity contribution in [1.29, 1.82) is 0 Å². The van der Waals surface area contributed by atoms with E-state index in [-0.39, 0.29) is 37.6 Å². The summed E-state index contributed by atoms with van der Waals surface area (Å²) in [5, 5.41) is 10.8. The molecule has 4 aromatic carbocycles. The topological polar surface area (TPSA) is 76.7 Å². The molecule has 0 aliphatic heterocycles. The van der Waals surface area contributed by atoms with Crippen molar-refractivity contribution in [2.45, 2.75) is 52.4 Å². The van der Waals surface area contributed by atoms with E-state index in [9.17, 15) is 5.11 Å². The predicted octanol–water partition coefficient (Wildman–Crippen LogP) is 9.46. The molecule has 0 bridgehead atoms. The molecule has 0 amide bonds. The standard InChI is InChI=1S/C40H36N5O.Pt/c1-39(2,3)27-14-16-29(17-15-27)45-34-12-9-11-31(30-10-7-8-13-35(30)46)37(34)44-38(45)26-20-25(23-41-24-26)32-21-28(40(4,5)6)22-33-36(32)43-19-18-42-33;/h7-19,21-24,46H,1-6H3;/q-1;. The van der Waals surface area contributed by atoms with Crippen LogP contribution in [0, 0.1) is 6.07 Å². The molecule has 7 aromatic rings. The number of nitrogens with zero attached hydrogens (tertiary/aromatic N) is 5. The van der Waals surface area contributed by atoms with Crippen molar-refractivity contribution < 1.29 is 26.2 Å². The van der Waals surface area contributed by atoms with Crippen LogP contribution < -0.4 is 0 Å². The summed E-state index contributed by atoms with van der Waals surface area (Å²) in [5.41, 5.74) is 10.7. The van der Waals surface area contributed by atoms with Crippen LogP contribution in [0.1, 0.15) is 52.7 Å². The molecule has 7 heteroatoms. The van der Waals surface area contributed by atoms with Gasteiger partial charge in [0.15, 0.2) is 0 Å². The number of aromatic nitrogens is 5. The zero-order chi connectivity index (χ0) is 32.2. The van der Waals surface area contributed by atoms with Gasteiger partial charge < -0.3 is 14.7 Å². The molecule has 0 unspecified atom stereocenters. The third-order valence-electron chi connectivity index (χ3n) is 8.52. The molecular weight excluding hydrogens is 762 g/mol. The van der Waals surface area contributed by atoms with Crippen LogP contribution in [-0.2, 0) is 31.9 Å². The molecule has 0 fully saturated rings. The van der Waals surface area contributed by atoms with Crippen LogP contribution >= 0.6 is 0 Å². The van der Waals surface area contributed by atoms with Gasteiger partial charge in [-0.2, -0.15) is 0 Å². The van der Waals surface area contributed by atoms with Gasteiger partial charge in [-0.1, -0.05) is 107 Å². The summed E-state index contributed by atoms with van der Waals surface area (Å²) in [7, 11) is 0. The van der Waals surface area contributed by atoms with Gasteiger partial charge in [-0.25, -0.2) is 0 Å². The maximum Gasteiger partial charge on any atom is 0.123 e. The maximum atomic E-state index is 10.8. The van der Waals surface area contributed by atoms with Crippen LogP contribution in [0.4, 0.5) is 0 Å². The van der Waals surface area contributed by atoms with Gasteiger partial charge in [0.2, 0.25) is 0 Å². The zero-order valence-electron chi connectivity index (χ0n) is 27.3. The molecule has 0 saturated heterocycles. The van der Waals surface area contributed by atoms with E-state index in [0.29, 0.717) is 5.82 Å². The van der Waals surface area contributed by atoms with Crippen LogP contribution in [0.3, 0.4) is 0 Å². The SMILES string of the molecule is CC(C)(C)c1ccc(-n2c(-c3[c-]c(-c4cc(C(C)(C)C)cc5nccnc45)cnc3)nc3c(-c4ccccc4O)cccc32)cc1.[Pt]. The van der Waals surface area contributed by atoms with E-state index in [0.717, 1.165) is 61.1 Å². The summed E-state index contributed by atoms with van der Waals surface area (Å²) in [5.74, 6) is 0.917. The number of rotatable bonds is 4. The zero-order valence-corrected chi connectivity index (χ0v) is 29.6. The molecule has 238 valence electrons. The second kappa shape index (κ2) is 12.2. The minimum Gasteiger partial charge on any atom is -0.507 e. The van der Waals surface area contributed by atoms with Gasteiger partial charge in [-0.3, -0.25) is 15.0 Å². The molecule has 47 heavy (non-hydrogen) atoms. The van der Waals surface area contributed by atoms with Gasteiger partial charge in [0.1, 0.15) is 5.75 Å². The second-order valence-corrected chi connectivity index (χ2v) is 13.8. The minimum atomic E-state index is -0.0852. The Morgan fingerprint density at radius 1 is 0.660 bits per heavy atom. The van der Waals surface area contributed by atoms with Gasteiger partial charge >= 0.3 is 0 Å². The Labute approximate surface area is 289 Å². The molecular formula is C40H36N5OPt-. The maximum absolute atomic E-state index is 10.8. The molecule has 3 heterocycles. The summed E-state index contributed by atoms with van der Waals surface area (Å²) < 4.78 is 2.16. The molecule has 3 aromatic heterocycles. The van der Waals surface area contributed by atoms with Crippen molar-refractivity contribution in [2.24, 2.45) is 0 Å². The van der Waals surface area contributed by atoms with E-state index in [4.69, 9.17) is 15.0 Å². The molecule has 0 aliphatic carbocycles. The van der Waals surface area contributed by atoms with Crippen molar-refractivity contribution in [2.75, 3.05) is 0 Å². The van der Waals surface area contributed by atoms with E-state index < -0.39 is 0 Å². The van der Waals surface area contributed by atoms with Gasteiger partial charge in [0.25, 0.3) is 0 Å². The number of benzene rings is 4. The van der Waals surface area contributed by atoms with Gasteiger partial charge in [-0.15, -0.1) is 6.07 Å². The number of pyridine rings is 1. The summed E-state index contributed by atoms with van der Waals surface area (Å²) >= 11 is 0. The Morgan fingerprint density at radius 2 is 1.34 bits per heavy atom. The minimum absolute atomic E-state index is 0. The Kier molecular flexibility index (Phi) is 8.35. The second-order valence-electron chi connectivity index (χ2n) is 13.8. The predicted molar refractivity (Wildman–Crippen MR) is 186 cm³/mol. The summed E-state index contributed by atoms with van der Waals surface area (Å²) in [4.78, 5) is 19.3. The number of para-hydroxylation sites is 2.